The Morgan fingerprint density at radius 1 is 1.00 bits per heavy atom. The number of benzene rings is 2. The van der Waals surface area contributed by atoms with E-state index in [4.69, 9.17) is 9.15 Å². The van der Waals surface area contributed by atoms with E-state index in [9.17, 15) is 0 Å². The van der Waals surface area contributed by atoms with Gasteiger partial charge in [0.1, 0.15) is 17.1 Å². The zero-order valence-corrected chi connectivity index (χ0v) is 10.2. The quantitative estimate of drug-likeness (QED) is 0.670. The van der Waals surface area contributed by atoms with Crippen molar-refractivity contribution >= 4 is 11.0 Å². The van der Waals surface area contributed by atoms with E-state index in [1.165, 1.54) is 0 Å². The Morgan fingerprint density at radius 2 is 1.78 bits per heavy atom. The molecule has 0 aliphatic rings. The van der Waals surface area contributed by atoms with Gasteiger partial charge in [-0.1, -0.05) is 30.3 Å². The number of ether oxygens (including phenoxy) is 1. The fraction of sp³-hybridized carbons (Fsp3) is 0.125. The van der Waals surface area contributed by atoms with Gasteiger partial charge in [-0.3, -0.25) is 0 Å². The summed E-state index contributed by atoms with van der Waals surface area (Å²) in [7, 11) is 0. The second-order valence-corrected chi connectivity index (χ2v) is 4.08. The molecule has 2 aromatic carbocycles. The maximum atomic E-state index is 5.86. The first-order valence-electron chi connectivity index (χ1n) is 6.09. The Balaban J connectivity index is 2.13. The molecule has 0 aliphatic carbocycles. The van der Waals surface area contributed by atoms with Gasteiger partial charge in [-0.25, -0.2) is 0 Å². The number of rotatable bonds is 3. The molecule has 0 fully saturated rings. The smallest absolute Gasteiger partial charge is 0.139 e. The van der Waals surface area contributed by atoms with Crippen LogP contribution in [0.25, 0.3) is 22.3 Å². The zero-order chi connectivity index (χ0) is 12.4. The van der Waals surface area contributed by atoms with Gasteiger partial charge in [0.15, 0.2) is 0 Å². The molecule has 0 bridgehead atoms. The Kier molecular flexibility index (Phi) is 2.77. The van der Waals surface area contributed by atoms with Gasteiger partial charge in [0.05, 0.1) is 12.2 Å². The first-order chi connectivity index (χ1) is 8.88. The lowest BCUT2D eigenvalue weighted by Gasteiger charge is -2.07. The van der Waals surface area contributed by atoms with Gasteiger partial charge < -0.3 is 9.15 Å². The fourth-order valence-corrected chi connectivity index (χ4v) is 2.07. The predicted molar refractivity (Wildman–Crippen MR) is 72.8 cm³/mol. The SMILES string of the molecule is CCOc1ccccc1-c1cc2ccccc2o1. The molecule has 0 N–H and O–H groups in total. The lowest BCUT2D eigenvalue weighted by atomic mass is 10.1. The summed E-state index contributed by atoms with van der Waals surface area (Å²) in [6.45, 7) is 2.63. The Labute approximate surface area is 106 Å². The molecule has 0 saturated carbocycles. The summed E-state index contributed by atoms with van der Waals surface area (Å²) in [5, 5.41) is 1.11. The molecule has 0 aliphatic heterocycles. The maximum absolute atomic E-state index is 5.86. The van der Waals surface area contributed by atoms with Gasteiger partial charge in [-0.15, -0.1) is 0 Å². The second kappa shape index (κ2) is 4.57. The topological polar surface area (TPSA) is 22.4 Å². The Morgan fingerprint density at radius 3 is 2.61 bits per heavy atom. The number of hydrogen-bond donors (Lipinski definition) is 0. The lowest BCUT2D eigenvalue weighted by Crippen LogP contribution is -1.92. The highest BCUT2D eigenvalue weighted by molar-refractivity contribution is 5.83. The molecule has 0 amide bonds. The van der Waals surface area contributed by atoms with Gasteiger partial charge in [0, 0.05) is 5.39 Å². The summed E-state index contributed by atoms with van der Waals surface area (Å²) in [6, 6.07) is 18.0. The summed E-state index contributed by atoms with van der Waals surface area (Å²) in [5.41, 5.74) is 1.90. The second-order valence-electron chi connectivity index (χ2n) is 4.08. The van der Waals surface area contributed by atoms with Crippen LogP contribution < -0.4 is 4.74 Å². The van der Waals surface area contributed by atoms with Crippen LogP contribution in [0, 0.1) is 0 Å². The third kappa shape index (κ3) is 1.86. The highest BCUT2D eigenvalue weighted by Crippen LogP contribution is 2.33. The molecule has 0 atom stereocenters. The number of hydrogen-bond acceptors (Lipinski definition) is 2. The van der Waals surface area contributed by atoms with Gasteiger partial charge >= 0.3 is 0 Å². The molecule has 18 heavy (non-hydrogen) atoms. The molecule has 0 saturated heterocycles. The minimum Gasteiger partial charge on any atom is -0.493 e. The molecule has 0 spiro atoms. The minimum absolute atomic E-state index is 0.650. The highest BCUT2D eigenvalue weighted by Gasteiger charge is 2.10. The van der Waals surface area contributed by atoms with Crippen LogP contribution in [0.3, 0.4) is 0 Å². The summed E-state index contributed by atoms with van der Waals surface area (Å²) in [4.78, 5) is 0. The monoisotopic (exact) mass is 238 g/mol. The van der Waals surface area contributed by atoms with Crippen LogP contribution in [0.1, 0.15) is 6.92 Å². The van der Waals surface area contributed by atoms with Crippen LogP contribution in [0.2, 0.25) is 0 Å². The van der Waals surface area contributed by atoms with Crippen LogP contribution in [0.15, 0.2) is 59.0 Å². The van der Waals surface area contributed by atoms with Crippen molar-refractivity contribution in [2.45, 2.75) is 6.92 Å². The van der Waals surface area contributed by atoms with Crippen LogP contribution in [0.5, 0.6) is 5.75 Å². The molecule has 0 radical (unpaired) electrons. The first-order valence-corrected chi connectivity index (χ1v) is 6.09. The molecular weight excluding hydrogens is 224 g/mol. The number of fused-ring (bicyclic) bond motifs is 1. The largest absolute Gasteiger partial charge is 0.493 e. The Bertz CT molecular complexity index is 634. The van der Waals surface area contributed by atoms with Gasteiger partial charge in [-0.2, -0.15) is 0 Å². The zero-order valence-electron chi connectivity index (χ0n) is 10.2. The Hall–Kier alpha value is -2.22. The summed E-state index contributed by atoms with van der Waals surface area (Å²) < 4.78 is 11.5. The van der Waals surface area contributed by atoms with Crippen molar-refractivity contribution < 1.29 is 9.15 Å². The van der Waals surface area contributed by atoms with Gasteiger partial charge in [-0.05, 0) is 31.2 Å². The molecule has 0 unspecified atom stereocenters. The van der Waals surface area contributed by atoms with Crippen molar-refractivity contribution in [3.8, 4) is 17.1 Å². The number of para-hydroxylation sites is 2. The van der Waals surface area contributed by atoms with Gasteiger partial charge in [0.2, 0.25) is 0 Å². The van der Waals surface area contributed by atoms with Crippen LogP contribution in [-0.2, 0) is 0 Å². The summed E-state index contributed by atoms with van der Waals surface area (Å²) >= 11 is 0. The van der Waals surface area contributed by atoms with E-state index < -0.39 is 0 Å². The van der Waals surface area contributed by atoms with E-state index in [1.807, 2.05) is 61.5 Å². The predicted octanol–water partition coefficient (Wildman–Crippen LogP) is 4.50. The summed E-state index contributed by atoms with van der Waals surface area (Å²) in [6.07, 6.45) is 0. The molecule has 1 aromatic heterocycles. The van der Waals surface area contributed by atoms with Crippen molar-refractivity contribution in [2.75, 3.05) is 6.61 Å². The molecule has 2 nitrogen and oxygen atoms in total. The molecule has 2 heteroatoms. The van der Waals surface area contributed by atoms with E-state index >= 15 is 0 Å². The van der Waals surface area contributed by atoms with Crippen LogP contribution >= 0.6 is 0 Å². The normalized spacial score (nSPS) is 10.7. The molecule has 1 heterocycles. The fourth-order valence-electron chi connectivity index (χ4n) is 2.07. The maximum Gasteiger partial charge on any atom is 0.139 e. The average Bonchev–Trinajstić information content (AvgIpc) is 2.83. The van der Waals surface area contributed by atoms with Crippen LogP contribution in [0.4, 0.5) is 0 Å². The van der Waals surface area contributed by atoms with E-state index in [0.717, 1.165) is 28.0 Å². The summed E-state index contributed by atoms with van der Waals surface area (Å²) in [5.74, 6) is 1.71. The third-order valence-corrected chi connectivity index (χ3v) is 2.88. The molecule has 90 valence electrons. The van der Waals surface area contributed by atoms with Crippen molar-refractivity contribution in [3.05, 3.63) is 54.6 Å². The van der Waals surface area contributed by atoms with Crippen LogP contribution in [-0.4, -0.2) is 6.61 Å². The van der Waals surface area contributed by atoms with Crippen molar-refractivity contribution in [1.29, 1.82) is 0 Å². The van der Waals surface area contributed by atoms with E-state index in [1.54, 1.807) is 0 Å². The third-order valence-electron chi connectivity index (χ3n) is 2.88. The van der Waals surface area contributed by atoms with E-state index in [-0.39, 0.29) is 0 Å². The first kappa shape index (κ1) is 10.9. The van der Waals surface area contributed by atoms with E-state index in [0.29, 0.717) is 6.61 Å². The van der Waals surface area contributed by atoms with Crippen molar-refractivity contribution in [1.82, 2.24) is 0 Å². The van der Waals surface area contributed by atoms with Crippen molar-refractivity contribution in [3.63, 3.8) is 0 Å². The average molecular weight is 238 g/mol. The molecular formula is C16H14O2. The molecule has 3 aromatic rings. The minimum atomic E-state index is 0.650. The standard InChI is InChI=1S/C16H14O2/c1-2-17-15-10-6-4-8-13(15)16-11-12-7-3-5-9-14(12)18-16/h3-11H,2H2,1H3. The number of furan rings is 1. The van der Waals surface area contributed by atoms with Gasteiger partial charge in [0.25, 0.3) is 0 Å². The molecule has 3 rings (SSSR count). The lowest BCUT2D eigenvalue weighted by molar-refractivity contribution is 0.341. The van der Waals surface area contributed by atoms with Crippen molar-refractivity contribution in [2.24, 2.45) is 0 Å². The highest BCUT2D eigenvalue weighted by atomic mass is 16.5. The van der Waals surface area contributed by atoms with E-state index in [2.05, 4.69) is 0 Å².